The fourth-order valence-corrected chi connectivity index (χ4v) is 3.36. The van der Waals surface area contributed by atoms with Crippen LogP contribution in [0.5, 0.6) is 0 Å². The summed E-state index contributed by atoms with van der Waals surface area (Å²) in [6, 6.07) is 18.7. The van der Waals surface area contributed by atoms with Crippen LogP contribution in [0.15, 0.2) is 60.7 Å². The highest BCUT2D eigenvalue weighted by atomic mass is 16.6. The van der Waals surface area contributed by atoms with Crippen LogP contribution in [-0.4, -0.2) is 35.1 Å². The van der Waals surface area contributed by atoms with E-state index < -0.39 is 23.8 Å². The molecule has 0 aliphatic heterocycles. The van der Waals surface area contributed by atoms with Crippen molar-refractivity contribution >= 4 is 17.9 Å². The van der Waals surface area contributed by atoms with Gasteiger partial charge in [0.15, 0.2) is 0 Å². The van der Waals surface area contributed by atoms with E-state index in [4.69, 9.17) is 4.74 Å². The number of carbonyl (C=O) groups excluding carboxylic acids is 2. The highest BCUT2D eigenvalue weighted by molar-refractivity contribution is 5.85. The highest BCUT2D eigenvalue weighted by Crippen LogP contribution is 2.27. The van der Waals surface area contributed by atoms with E-state index in [1.807, 2.05) is 76.2 Å². The maximum Gasteiger partial charge on any atom is 0.411 e. The summed E-state index contributed by atoms with van der Waals surface area (Å²) in [5.41, 5.74) is 4.18. The van der Waals surface area contributed by atoms with Gasteiger partial charge in [-0.1, -0.05) is 42.5 Å². The number of amides is 2. The summed E-state index contributed by atoms with van der Waals surface area (Å²) in [5.74, 6) is 0. The van der Waals surface area contributed by atoms with Crippen LogP contribution >= 0.6 is 0 Å². The fourth-order valence-electron chi connectivity index (χ4n) is 3.36. The first-order chi connectivity index (χ1) is 16.1. The van der Waals surface area contributed by atoms with Crippen molar-refractivity contribution < 1.29 is 19.1 Å². The second-order valence-electron chi connectivity index (χ2n) is 8.85. The summed E-state index contributed by atoms with van der Waals surface area (Å²) in [6.45, 7) is 7.34. The van der Waals surface area contributed by atoms with E-state index in [9.17, 15) is 9.59 Å². The Bertz CT molecular complexity index is 1130. The van der Waals surface area contributed by atoms with Crippen molar-refractivity contribution in [1.29, 1.82) is 0 Å². The van der Waals surface area contributed by atoms with Crippen molar-refractivity contribution in [3.8, 4) is 11.1 Å². The molecule has 0 aliphatic rings. The molecule has 34 heavy (non-hydrogen) atoms. The lowest BCUT2D eigenvalue weighted by Crippen LogP contribution is -2.36. The predicted molar refractivity (Wildman–Crippen MR) is 130 cm³/mol. The molecule has 1 atom stereocenters. The van der Waals surface area contributed by atoms with Crippen molar-refractivity contribution in [3.05, 3.63) is 77.6 Å². The number of rotatable bonds is 6. The molecule has 1 aromatic heterocycles. The predicted octanol–water partition coefficient (Wildman–Crippen LogP) is 5.44. The summed E-state index contributed by atoms with van der Waals surface area (Å²) in [5, 5.41) is 14.3. The summed E-state index contributed by atoms with van der Waals surface area (Å²) in [7, 11) is 1.31. The normalized spacial score (nSPS) is 11.9. The summed E-state index contributed by atoms with van der Waals surface area (Å²) < 4.78 is 10.1. The van der Waals surface area contributed by atoms with Crippen LogP contribution in [0.3, 0.4) is 0 Å². The largest absolute Gasteiger partial charge is 0.453 e. The van der Waals surface area contributed by atoms with Crippen molar-refractivity contribution in [2.24, 2.45) is 0 Å². The number of alkyl carbamates (subject to hydrolysis) is 1. The number of hydrogen-bond acceptors (Lipinski definition) is 6. The van der Waals surface area contributed by atoms with Gasteiger partial charge in [0.05, 0.1) is 24.5 Å². The molecule has 0 bridgehead atoms. The number of anilines is 1. The van der Waals surface area contributed by atoms with Gasteiger partial charge in [-0.25, -0.2) is 9.59 Å². The van der Waals surface area contributed by atoms with Crippen molar-refractivity contribution in [1.82, 2.24) is 15.5 Å². The highest BCUT2D eigenvalue weighted by Gasteiger charge is 2.23. The molecule has 0 spiro atoms. The number of benzene rings is 2. The Morgan fingerprint density at radius 3 is 2.26 bits per heavy atom. The number of aryl methyl sites for hydroxylation is 1. The minimum absolute atomic E-state index is 0.440. The topological polar surface area (TPSA) is 102 Å². The zero-order valence-electron chi connectivity index (χ0n) is 20.1. The molecule has 3 aromatic rings. The van der Waals surface area contributed by atoms with Crippen LogP contribution < -0.4 is 10.6 Å². The van der Waals surface area contributed by atoms with Gasteiger partial charge >= 0.3 is 12.2 Å². The smallest absolute Gasteiger partial charge is 0.411 e. The SMILES string of the molecule is COC(=O)Nc1ccc(-c2cc([C@H](Cc3ccccc3)NC(=O)OC(C)(C)C)nnc2C)cc1. The standard InChI is InChI=1S/C26H30N4O4/c1-17-21(19-11-13-20(14-12-19)27-24(31)33-5)16-23(30-29-17)22(15-18-9-7-6-8-10-18)28-25(32)34-26(2,3)4/h6-14,16,22H,15H2,1-5H3,(H,27,31)(H,28,32)/t22-/m0/s1. The molecule has 0 saturated heterocycles. The van der Waals surface area contributed by atoms with Gasteiger partial charge in [-0.15, -0.1) is 0 Å². The average molecular weight is 463 g/mol. The van der Waals surface area contributed by atoms with Crippen molar-refractivity contribution in [3.63, 3.8) is 0 Å². The maximum atomic E-state index is 12.6. The number of aromatic nitrogens is 2. The number of methoxy groups -OCH3 is 1. The molecular formula is C26H30N4O4. The van der Waals surface area contributed by atoms with E-state index in [1.54, 1.807) is 12.1 Å². The van der Waals surface area contributed by atoms with Gasteiger partial charge in [0.1, 0.15) is 5.60 Å². The lowest BCUT2D eigenvalue weighted by atomic mass is 9.99. The van der Waals surface area contributed by atoms with Gasteiger partial charge in [0.25, 0.3) is 0 Å². The van der Waals surface area contributed by atoms with Gasteiger partial charge in [0.2, 0.25) is 0 Å². The van der Waals surface area contributed by atoms with E-state index in [-0.39, 0.29) is 0 Å². The third-order valence-corrected chi connectivity index (χ3v) is 4.96. The number of hydrogen-bond donors (Lipinski definition) is 2. The molecule has 178 valence electrons. The molecule has 3 rings (SSSR count). The molecule has 0 saturated carbocycles. The molecule has 2 aromatic carbocycles. The monoisotopic (exact) mass is 462 g/mol. The van der Waals surface area contributed by atoms with Gasteiger partial charge in [0, 0.05) is 11.3 Å². The van der Waals surface area contributed by atoms with E-state index in [0.29, 0.717) is 17.8 Å². The van der Waals surface area contributed by atoms with Crippen LogP contribution in [0.25, 0.3) is 11.1 Å². The third kappa shape index (κ3) is 7.03. The molecule has 1 heterocycles. The Kier molecular flexibility index (Phi) is 7.83. The minimum atomic E-state index is -0.620. The van der Waals surface area contributed by atoms with Gasteiger partial charge in [-0.2, -0.15) is 10.2 Å². The van der Waals surface area contributed by atoms with Crippen LogP contribution in [0.4, 0.5) is 15.3 Å². The Morgan fingerprint density at radius 2 is 1.65 bits per heavy atom. The summed E-state index contributed by atoms with van der Waals surface area (Å²) in [6.07, 6.45) is -0.524. The van der Waals surface area contributed by atoms with Crippen LogP contribution in [0.2, 0.25) is 0 Å². The second-order valence-corrected chi connectivity index (χ2v) is 8.85. The van der Waals surface area contributed by atoms with Crippen molar-refractivity contribution in [2.75, 3.05) is 12.4 Å². The van der Waals surface area contributed by atoms with E-state index in [1.165, 1.54) is 7.11 Å². The number of carbonyl (C=O) groups is 2. The van der Waals surface area contributed by atoms with Gasteiger partial charge in [-0.05, 0) is 63.4 Å². The minimum Gasteiger partial charge on any atom is -0.453 e. The Hall–Kier alpha value is -3.94. The molecule has 0 radical (unpaired) electrons. The van der Waals surface area contributed by atoms with Gasteiger partial charge < -0.3 is 14.8 Å². The zero-order chi connectivity index (χ0) is 24.7. The molecule has 8 nitrogen and oxygen atoms in total. The zero-order valence-corrected chi connectivity index (χ0v) is 20.1. The van der Waals surface area contributed by atoms with Gasteiger partial charge in [-0.3, -0.25) is 5.32 Å². The first-order valence-electron chi connectivity index (χ1n) is 11.0. The van der Waals surface area contributed by atoms with Crippen LogP contribution in [0.1, 0.15) is 43.8 Å². The first kappa shape index (κ1) is 24.7. The van der Waals surface area contributed by atoms with E-state index >= 15 is 0 Å². The molecule has 2 N–H and O–H groups in total. The number of nitrogens with zero attached hydrogens (tertiary/aromatic N) is 2. The van der Waals surface area contributed by atoms with Crippen LogP contribution in [-0.2, 0) is 15.9 Å². The Morgan fingerprint density at radius 1 is 0.971 bits per heavy atom. The molecular weight excluding hydrogens is 432 g/mol. The summed E-state index contributed by atoms with van der Waals surface area (Å²) >= 11 is 0. The lowest BCUT2D eigenvalue weighted by Gasteiger charge is -2.24. The maximum absolute atomic E-state index is 12.6. The van der Waals surface area contributed by atoms with E-state index in [0.717, 1.165) is 22.4 Å². The first-order valence-corrected chi connectivity index (χ1v) is 11.0. The Balaban J connectivity index is 1.91. The average Bonchev–Trinajstić information content (AvgIpc) is 2.79. The quantitative estimate of drug-likeness (QED) is 0.506. The van der Waals surface area contributed by atoms with E-state index in [2.05, 4.69) is 25.6 Å². The van der Waals surface area contributed by atoms with Crippen molar-refractivity contribution in [2.45, 2.75) is 45.8 Å². The Labute approximate surface area is 199 Å². The molecule has 0 aliphatic carbocycles. The number of nitrogens with one attached hydrogen (secondary N) is 2. The molecule has 8 heteroatoms. The summed E-state index contributed by atoms with van der Waals surface area (Å²) in [4.78, 5) is 24.0. The number of ether oxygens (including phenoxy) is 2. The molecule has 2 amide bonds. The molecule has 0 fully saturated rings. The fraction of sp³-hybridized carbons (Fsp3) is 0.308. The second kappa shape index (κ2) is 10.8. The van der Waals surface area contributed by atoms with Crippen LogP contribution in [0, 0.1) is 6.92 Å². The lowest BCUT2D eigenvalue weighted by molar-refractivity contribution is 0.0502. The third-order valence-electron chi connectivity index (χ3n) is 4.96. The molecule has 0 unspecified atom stereocenters.